The van der Waals surface area contributed by atoms with Gasteiger partial charge in [-0.15, -0.1) is 13.2 Å². The minimum Gasteiger partial charge on any atom is -0.396 e. The lowest BCUT2D eigenvalue weighted by Gasteiger charge is -2.17. The second-order valence-electron chi connectivity index (χ2n) is 26.0. The Labute approximate surface area is 657 Å². The van der Waals surface area contributed by atoms with E-state index in [1.54, 1.807) is 26.7 Å². The fraction of sp³-hybridized carbons (Fsp3) is 0.962. The molecule has 7 aliphatic carbocycles. The topological polar surface area (TPSA) is 511 Å². The van der Waals surface area contributed by atoms with E-state index in [1.807, 2.05) is 0 Å². The summed E-state index contributed by atoms with van der Waals surface area (Å²) in [4.78, 5) is 54.4. The molecule has 546 valence electrons. The van der Waals surface area contributed by atoms with Gasteiger partial charge in [-0.1, -0.05) is 172 Å². The number of aliphatic hydroxyl groups is 1. The Morgan fingerprint density at radius 2 is 0.616 bits per heavy atom. The first-order valence-corrected chi connectivity index (χ1v) is 54.5. The first kappa shape index (κ1) is 107. The molecule has 0 bridgehead atoms. The van der Waals surface area contributed by atoms with Gasteiger partial charge in [-0.05, 0) is 165 Å². The molecule has 7 rings (SSSR count). The normalized spacial score (nSPS) is 31.0. The molecule has 46 heteroatoms. The summed E-state index contributed by atoms with van der Waals surface area (Å²) in [5, 5.41) is 34.4. The zero-order valence-corrected chi connectivity index (χ0v) is 70.1. The highest BCUT2D eigenvalue weighted by Gasteiger charge is 2.38. The fourth-order valence-electron chi connectivity index (χ4n) is 13.0. The molecule has 30 nitrogen and oxygen atoms in total. The lowest BCUT2D eigenvalue weighted by atomic mass is 9.85. The summed E-state index contributed by atoms with van der Waals surface area (Å²) in [6.45, 7) is 15.3. The van der Waals surface area contributed by atoms with Gasteiger partial charge in [0.15, 0.2) is 0 Å². The summed E-state index contributed by atoms with van der Waals surface area (Å²) >= 11 is 10.8. The lowest BCUT2D eigenvalue weighted by Crippen LogP contribution is -2.15. The van der Waals surface area contributed by atoms with Gasteiger partial charge in [0.2, 0.25) is 0 Å². The van der Waals surface area contributed by atoms with Gasteiger partial charge in [0.1, 0.15) is 0 Å². The molecule has 21 unspecified atom stereocenters. The van der Waals surface area contributed by atoms with Crippen LogP contribution in [0.3, 0.4) is 0 Å². The molecule has 14 radical (unpaired) electrons. The van der Waals surface area contributed by atoms with E-state index < -0.39 is 29.5 Å². The van der Waals surface area contributed by atoms with Crippen LogP contribution in [-0.4, -0.2) is 184 Å². The zero-order valence-electron chi connectivity index (χ0n) is 55.8. The standard InChI is InChI=1S/C9H17BN3OP.C8H15BN3OP.C7H13BN3O3P.C7H12BN3.C6H9BIN3.C6H11BN3O3P.C6H10BN3O.C2H4.2CH4.2I2/c1-15(2,14)4-3-7-5-8(10)6-9(7)12-13-11;1-14(2,13)5-6-3-7(9)4-8(6)11-12-10;8-6-3-5(1-2-15(12,13)14)7(4-6)10-11-9;1-2-5-3-6(8)4-7(5)10-11-9;7-5-1-4(3-8)6(2-5)10-11-9;7-5-1-4(3-14(11,12)13)6(2-5)9-10-8;7-5-1-4(3-11)6(2-5)9-10-8;1-2;;;2*1-2/h7-9H,3-6H2,1-2H3;6-8H,3-5H2,1-2H3;5-7H,1-4H2,(H2,12,13,14);5-7H,2-4H2,1H3;4-6H,1-3H2;4-6H,1-3H2,(H2,11,12,13);4-6,11H,1-3H2;1-2H2;2*1H4;;. The van der Waals surface area contributed by atoms with Gasteiger partial charge in [0, 0.05) is 174 Å². The Balaban J connectivity index is -0.000000342. The molecule has 99 heavy (non-hydrogen) atoms. The number of azide groups is 7. The summed E-state index contributed by atoms with van der Waals surface area (Å²) in [5.74, 6) is 1.99. The third kappa shape index (κ3) is 50.8. The Morgan fingerprint density at radius 1 is 0.384 bits per heavy atom. The van der Waals surface area contributed by atoms with Gasteiger partial charge >= 0.3 is 15.2 Å². The second-order valence-corrected chi connectivity index (χ2v) is 37.4. The smallest absolute Gasteiger partial charge is 0.325 e. The van der Waals surface area contributed by atoms with Gasteiger partial charge in [-0.25, -0.2) is 0 Å². The third-order valence-corrected chi connectivity index (χ3v) is 22.8. The first-order chi connectivity index (χ1) is 45.5. The lowest BCUT2D eigenvalue weighted by molar-refractivity contribution is 0.218. The Kier molecular flexibility index (Phi) is 64.8. The summed E-state index contributed by atoms with van der Waals surface area (Å²) in [6.07, 6.45) is 14.0. The number of hydrogen-bond acceptors (Lipinski definition) is 12. The van der Waals surface area contributed by atoms with E-state index in [2.05, 4.69) is 187 Å². The molecule has 0 saturated heterocycles. The van der Waals surface area contributed by atoms with Crippen LogP contribution in [-0.2, 0) is 18.3 Å². The summed E-state index contributed by atoms with van der Waals surface area (Å²) < 4.78 is 45.7. The molecule has 0 aromatic carbocycles. The maximum atomic E-state index is 11.7. The van der Waals surface area contributed by atoms with Crippen molar-refractivity contribution < 1.29 is 42.9 Å². The Morgan fingerprint density at radius 3 is 0.869 bits per heavy atom. The van der Waals surface area contributed by atoms with E-state index in [0.717, 1.165) is 81.2 Å². The van der Waals surface area contributed by atoms with Gasteiger partial charge in [-0.2, -0.15) is 0 Å². The maximum absolute atomic E-state index is 11.7. The van der Waals surface area contributed by atoms with Crippen LogP contribution in [0.4, 0.5) is 0 Å². The first-order valence-electron chi connectivity index (χ1n) is 31.2. The predicted octanol–water partition coefficient (Wildman–Crippen LogP) is 20.1. The fourth-order valence-corrected chi connectivity index (χ4v) is 18.1. The van der Waals surface area contributed by atoms with Crippen molar-refractivity contribution in [2.24, 2.45) is 77.2 Å². The molecule has 0 heterocycles. The number of alkyl halides is 1. The summed E-state index contributed by atoms with van der Waals surface area (Å²) in [5.41, 5.74) is 58.0. The zero-order chi connectivity index (χ0) is 75.3. The molecule has 0 spiro atoms. The van der Waals surface area contributed by atoms with Gasteiger partial charge in [0.25, 0.3) is 0 Å². The monoisotopic (exact) mass is 2010 g/mol. The number of aliphatic hydroxyl groups excluding tert-OH is 1. The second kappa shape index (κ2) is 59.7. The van der Waals surface area contributed by atoms with Crippen molar-refractivity contribution in [2.75, 3.05) is 62.3 Å². The van der Waals surface area contributed by atoms with Crippen molar-refractivity contribution in [3.63, 3.8) is 0 Å². The Bertz CT molecular complexity index is 2610. The largest absolute Gasteiger partial charge is 0.396 e. The van der Waals surface area contributed by atoms with Crippen LogP contribution in [0, 0.1) is 41.4 Å². The van der Waals surface area contributed by atoms with Crippen molar-refractivity contribution in [3.05, 3.63) is 86.3 Å². The molecule has 5 N–H and O–H groups in total. The van der Waals surface area contributed by atoms with Crippen LogP contribution in [0.5, 0.6) is 0 Å². The van der Waals surface area contributed by atoms with Gasteiger partial charge < -0.3 is 33.8 Å². The van der Waals surface area contributed by atoms with Gasteiger partial charge in [0.05, 0.1) is 81.5 Å². The van der Waals surface area contributed by atoms with Crippen molar-refractivity contribution in [1.82, 2.24) is 0 Å². The van der Waals surface area contributed by atoms with Crippen LogP contribution < -0.4 is 0 Å². The average molecular weight is 2010 g/mol. The van der Waals surface area contributed by atoms with E-state index in [4.69, 9.17) is 118 Å². The van der Waals surface area contributed by atoms with E-state index in [0.29, 0.717) is 62.4 Å². The van der Waals surface area contributed by atoms with Crippen molar-refractivity contribution in [1.29, 1.82) is 0 Å². The molecule has 7 saturated carbocycles. The van der Waals surface area contributed by atoms with Crippen LogP contribution in [0.1, 0.15) is 131 Å². The summed E-state index contributed by atoms with van der Waals surface area (Å²) in [6, 6.07) is -0.425. The van der Waals surface area contributed by atoms with Gasteiger partial charge in [-0.3, -0.25) is 9.13 Å². The minimum absolute atomic E-state index is 0. The van der Waals surface area contributed by atoms with Crippen LogP contribution in [0.15, 0.2) is 49.0 Å². The SMILES string of the molecule is C.C.C=C.II.II.[B]C1CC(CC)C(N=[N+]=[N-])C1.[B]C1CC(CCP(=O)(O)O)C(N=[N+]=[N-])C1.[B]C1CC(CCP(C)(C)=O)C(N=[N+]=[N-])C1.[B]C1CC(CI)C(N=[N+]=[N-])C1.[B]C1CC(CO)C(N=[N+]=[N-])C1.[B]C1CC(CP(=O)(O)O)C(N=[N+]=[N-])C1.[B]C1CC(CP(C)(C)=O)C(N=[N+]=[N-])C1. The Hall–Kier alpha value is -0.265. The van der Waals surface area contributed by atoms with E-state index >= 15 is 0 Å². The molecule has 0 aliphatic heterocycles. The molecule has 0 amide bonds. The summed E-state index contributed by atoms with van der Waals surface area (Å²) in [7, 11) is 28.1. The molecule has 7 aliphatic rings. The highest BCUT2D eigenvalue weighted by Crippen LogP contribution is 2.49. The minimum atomic E-state index is -4.04. The number of halogens is 5. The molecule has 21 atom stereocenters. The quantitative estimate of drug-likeness (QED) is 0.0113. The van der Waals surface area contributed by atoms with Crippen molar-refractivity contribution in [2.45, 2.75) is 214 Å². The number of hydrogen-bond donors (Lipinski definition) is 5. The number of nitrogens with zero attached hydrogens (tertiary/aromatic N) is 21. The number of rotatable bonds is 20. The molecule has 0 aromatic rings. The van der Waals surface area contributed by atoms with Crippen molar-refractivity contribution >= 4 is 181 Å². The molecule has 7 fully saturated rings. The maximum Gasteiger partial charge on any atom is 0.325 e. The van der Waals surface area contributed by atoms with E-state index in [-0.39, 0.29) is 140 Å². The van der Waals surface area contributed by atoms with E-state index in [9.17, 15) is 18.3 Å². The van der Waals surface area contributed by atoms with E-state index in [1.165, 1.54) is 0 Å². The van der Waals surface area contributed by atoms with Crippen LogP contribution in [0.2, 0.25) is 40.7 Å². The van der Waals surface area contributed by atoms with Crippen LogP contribution >= 0.6 is 127 Å². The molecular weight excluding hydrogens is 1910 g/mol. The molecular formula is C53H99B7I5N21O9P4. The van der Waals surface area contributed by atoms with Crippen molar-refractivity contribution in [3.8, 4) is 0 Å². The van der Waals surface area contributed by atoms with Crippen LogP contribution in [0.25, 0.3) is 73.1 Å². The molecule has 0 aromatic heterocycles. The predicted molar refractivity (Wildman–Crippen MR) is 455 cm³/mol. The highest BCUT2D eigenvalue weighted by atomic mass is 128. The average Bonchev–Trinajstić information content (AvgIpc) is 1.78. The third-order valence-electron chi connectivity index (χ3n) is 17.2. The highest BCUT2D eigenvalue weighted by molar-refractivity contribution is 15.0.